The van der Waals surface area contributed by atoms with E-state index in [1.54, 1.807) is 0 Å². The molecule has 1 saturated heterocycles. The van der Waals surface area contributed by atoms with Crippen LogP contribution in [0.1, 0.15) is 5.56 Å². The predicted octanol–water partition coefficient (Wildman–Crippen LogP) is 1.44. The number of piperazine rings is 1. The van der Waals surface area contributed by atoms with Crippen LogP contribution in [0.2, 0.25) is 0 Å². The summed E-state index contributed by atoms with van der Waals surface area (Å²) in [7, 11) is 2.06. The highest BCUT2D eigenvalue weighted by molar-refractivity contribution is 8.00. The van der Waals surface area contributed by atoms with Crippen LogP contribution in [0.25, 0.3) is 0 Å². The van der Waals surface area contributed by atoms with Crippen molar-refractivity contribution in [3.8, 4) is 0 Å². The Hall–Kier alpha value is -1.53. The number of anilines is 1. The number of thioether (sulfide) groups is 1. The first-order valence-electron chi connectivity index (χ1n) is 7.45. The van der Waals surface area contributed by atoms with Crippen LogP contribution in [0.15, 0.2) is 24.3 Å². The van der Waals surface area contributed by atoms with E-state index in [4.69, 9.17) is 0 Å². The Labute approximate surface area is 136 Å². The zero-order valence-corrected chi connectivity index (χ0v) is 14.0. The molecule has 5 nitrogen and oxygen atoms in total. The monoisotopic (exact) mass is 321 g/mol. The van der Waals surface area contributed by atoms with Crippen molar-refractivity contribution in [2.45, 2.75) is 6.92 Å². The molecule has 0 radical (unpaired) electrons. The molecule has 6 heteroatoms. The number of hydrogen-bond acceptors (Lipinski definition) is 4. The molecule has 1 heterocycles. The number of aryl methyl sites for hydroxylation is 1. The second kappa shape index (κ2) is 8.19. The maximum Gasteiger partial charge on any atom is 0.234 e. The molecule has 0 spiro atoms. The van der Waals surface area contributed by atoms with Gasteiger partial charge in [-0.25, -0.2) is 0 Å². The quantitative estimate of drug-likeness (QED) is 0.892. The molecule has 0 atom stereocenters. The minimum atomic E-state index is -0.0694. The first-order chi connectivity index (χ1) is 10.5. The molecule has 2 amide bonds. The molecule has 1 aliphatic rings. The van der Waals surface area contributed by atoms with E-state index < -0.39 is 0 Å². The molecule has 1 N–H and O–H groups in total. The molecule has 1 aliphatic heterocycles. The highest BCUT2D eigenvalue weighted by Gasteiger charge is 2.18. The van der Waals surface area contributed by atoms with E-state index in [0.717, 1.165) is 37.4 Å². The SMILES string of the molecule is Cc1ccc(NC(=O)CSCC(=O)N2CCN(C)CC2)cc1. The zero-order chi connectivity index (χ0) is 15.9. The lowest BCUT2D eigenvalue weighted by atomic mass is 10.2. The van der Waals surface area contributed by atoms with E-state index >= 15 is 0 Å². The van der Waals surface area contributed by atoms with E-state index in [1.165, 1.54) is 11.8 Å². The lowest BCUT2D eigenvalue weighted by Crippen LogP contribution is -2.47. The Morgan fingerprint density at radius 1 is 1.09 bits per heavy atom. The number of benzene rings is 1. The van der Waals surface area contributed by atoms with E-state index in [0.29, 0.717) is 11.5 Å². The van der Waals surface area contributed by atoms with Gasteiger partial charge >= 0.3 is 0 Å². The van der Waals surface area contributed by atoms with Crippen molar-refractivity contribution in [1.29, 1.82) is 0 Å². The first kappa shape index (κ1) is 16.8. The van der Waals surface area contributed by atoms with Crippen LogP contribution in [0, 0.1) is 6.92 Å². The number of amides is 2. The molecule has 1 aromatic carbocycles. The zero-order valence-electron chi connectivity index (χ0n) is 13.2. The van der Waals surface area contributed by atoms with Crippen molar-refractivity contribution in [2.24, 2.45) is 0 Å². The van der Waals surface area contributed by atoms with Crippen LogP contribution >= 0.6 is 11.8 Å². The lowest BCUT2D eigenvalue weighted by Gasteiger charge is -2.32. The molecular formula is C16H23N3O2S. The van der Waals surface area contributed by atoms with Crippen molar-refractivity contribution in [3.63, 3.8) is 0 Å². The summed E-state index contributed by atoms with van der Waals surface area (Å²) in [5.41, 5.74) is 1.95. The van der Waals surface area contributed by atoms with Gasteiger partial charge in [0.25, 0.3) is 0 Å². The molecular weight excluding hydrogens is 298 g/mol. The molecule has 0 aromatic heterocycles. The average Bonchev–Trinajstić information content (AvgIpc) is 2.50. The third-order valence-electron chi connectivity index (χ3n) is 3.65. The van der Waals surface area contributed by atoms with Crippen LogP contribution in [0.5, 0.6) is 0 Å². The molecule has 0 unspecified atom stereocenters. The number of nitrogens with zero attached hydrogens (tertiary/aromatic N) is 2. The maximum atomic E-state index is 12.0. The van der Waals surface area contributed by atoms with Crippen molar-refractivity contribution >= 4 is 29.3 Å². The number of carbonyl (C=O) groups is 2. The molecule has 1 fully saturated rings. The highest BCUT2D eigenvalue weighted by atomic mass is 32.2. The highest BCUT2D eigenvalue weighted by Crippen LogP contribution is 2.10. The summed E-state index contributed by atoms with van der Waals surface area (Å²) >= 11 is 1.37. The molecule has 22 heavy (non-hydrogen) atoms. The van der Waals surface area contributed by atoms with Gasteiger partial charge in [0.1, 0.15) is 0 Å². The Morgan fingerprint density at radius 2 is 1.73 bits per heavy atom. The van der Waals surface area contributed by atoms with E-state index in [9.17, 15) is 9.59 Å². The fourth-order valence-electron chi connectivity index (χ4n) is 2.21. The van der Waals surface area contributed by atoms with Crippen LogP contribution < -0.4 is 5.32 Å². The molecule has 0 saturated carbocycles. The number of likely N-dealkylation sites (N-methyl/N-ethyl adjacent to an activating group) is 1. The van der Waals surface area contributed by atoms with E-state index in [1.807, 2.05) is 36.1 Å². The lowest BCUT2D eigenvalue weighted by molar-refractivity contribution is -0.129. The Morgan fingerprint density at radius 3 is 2.36 bits per heavy atom. The van der Waals surface area contributed by atoms with Gasteiger partial charge in [0.15, 0.2) is 0 Å². The van der Waals surface area contributed by atoms with Gasteiger partial charge in [-0.2, -0.15) is 0 Å². The summed E-state index contributed by atoms with van der Waals surface area (Å²) in [4.78, 5) is 28.0. The first-order valence-corrected chi connectivity index (χ1v) is 8.60. The van der Waals surface area contributed by atoms with E-state index in [2.05, 4.69) is 17.3 Å². The largest absolute Gasteiger partial charge is 0.339 e. The summed E-state index contributed by atoms with van der Waals surface area (Å²) in [6.45, 7) is 5.41. The molecule has 120 valence electrons. The molecule has 0 aliphatic carbocycles. The summed E-state index contributed by atoms with van der Waals surface area (Å²) in [5, 5.41) is 2.84. The topological polar surface area (TPSA) is 52.7 Å². The van der Waals surface area contributed by atoms with Gasteiger partial charge in [0.2, 0.25) is 11.8 Å². The molecule has 1 aromatic rings. The average molecular weight is 321 g/mol. The van der Waals surface area contributed by atoms with Crippen molar-refractivity contribution in [2.75, 3.05) is 50.0 Å². The van der Waals surface area contributed by atoms with Gasteiger partial charge in [0, 0.05) is 31.9 Å². The summed E-state index contributed by atoms with van der Waals surface area (Å²) in [6.07, 6.45) is 0. The summed E-state index contributed by atoms with van der Waals surface area (Å²) in [5.74, 6) is 0.722. The standard InChI is InChI=1S/C16H23N3O2S/c1-13-3-5-14(6-4-13)17-15(20)11-22-12-16(21)19-9-7-18(2)8-10-19/h3-6H,7-12H2,1-2H3,(H,17,20). The van der Waals surface area contributed by atoms with Gasteiger partial charge in [-0.3, -0.25) is 9.59 Å². The van der Waals surface area contributed by atoms with Gasteiger partial charge in [-0.1, -0.05) is 17.7 Å². The van der Waals surface area contributed by atoms with Crippen LogP contribution in [0.4, 0.5) is 5.69 Å². The van der Waals surface area contributed by atoms with Crippen molar-refractivity contribution in [1.82, 2.24) is 9.80 Å². The predicted molar refractivity (Wildman–Crippen MR) is 91.2 cm³/mol. The molecule has 0 bridgehead atoms. The minimum absolute atomic E-state index is 0.0694. The maximum absolute atomic E-state index is 12.0. The summed E-state index contributed by atoms with van der Waals surface area (Å²) < 4.78 is 0. The Kier molecular flexibility index (Phi) is 6.27. The third-order valence-corrected chi connectivity index (χ3v) is 4.57. The molecule has 2 rings (SSSR count). The number of rotatable bonds is 5. The normalized spacial score (nSPS) is 15.6. The second-order valence-electron chi connectivity index (χ2n) is 5.59. The second-order valence-corrected chi connectivity index (χ2v) is 6.58. The number of nitrogens with one attached hydrogen (secondary N) is 1. The van der Waals surface area contributed by atoms with Gasteiger partial charge in [-0.15, -0.1) is 11.8 Å². The fourth-order valence-corrected chi connectivity index (χ4v) is 2.93. The smallest absolute Gasteiger partial charge is 0.234 e. The number of carbonyl (C=O) groups excluding carboxylic acids is 2. The van der Waals surface area contributed by atoms with Crippen LogP contribution in [-0.2, 0) is 9.59 Å². The van der Waals surface area contributed by atoms with Gasteiger partial charge in [0.05, 0.1) is 11.5 Å². The van der Waals surface area contributed by atoms with Gasteiger partial charge in [-0.05, 0) is 26.1 Å². The van der Waals surface area contributed by atoms with Crippen molar-refractivity contribution in [3.05, 3.63) is 29.8 Å². The van der Waals surface area contributed by atoms with Crippen molar-refractivity contribution < 1.29 is 9.59 Å². The minimum Gasteiger partial charge on any atom is -0.339 e. The fraction of sp³-hybridized carbons (Fsp3) is 0.500. The van der Waals surface area contributed by atoms with Crippen LogP contribution in [-0.4, -0.2) is 66.3 Å². The summed E-state index contributed by atoms with van der Waals surface area (Å²) in [6, 6.07) is 7.68. The van der Waals surface area contributed by atoms with Gasteiger partial charge < -0.3 is 15.1 Å². The third kappa shape index (κ3) is 5.35. The Balaban J connectivity index is 1.66. The Bertz CT molecular complexity index is 511. The van der Waals surface area contributed by atoms with Crippen LogP contribution in [0.3, 0.4) is 0 Å². The number of hydrogen-bond donors (Lipinski definition) is 1. The van der Waals surface area contributed by atoms with E-state index in [-0.39, 0.29) is 11.8 Å².